The molecule has 150 valence electrons. The zero-order chi connectivity index (χ0) is 19.3. The number of nitrogens with one attached hydrogen (secondary N) is 1. The van der Waals surface area contributed by atoms with Gasteiger partial charge in [-0.1, -0.05) is 0 Å². The van der Waals surface area contributed by atoms with E-state index in [1.54, 1.807) is 5.51 Å². The second-order valence-corrected chi connectivity index (χ2v) is 8.20. The molecule has 7 nitrogen and oxygen atoms in total. The topological polar surface area (TPSA) is 74.8 Å². The van der Waals surface area contributed by atoms with E-state index in [4.69, 9.17) is 4.74 Å². The molecule has 0 bridgehead atoms. The summed E-state index contributed by atoms with van der Waals surface area (Å²) in [6, 6.07) is -0.0745. The van der Waals surface area contributed by atoms with Gasteiger partial charge in [0, 0.05) is 25.1 Å². The van der Waals surface area contributed by atoms with E-state index < -0.39 is 5.41 Å². The third-order valence-electron chi connectivity index (χ3n) is 5.81. The SMILES string of the molecule is CCOCCC(=O)N1CCC[C@@]2(C(=O)NCc3cscn3)CCN(C)C[C@H]12. The van der Waals surface area contributed by atoms with Crippen molar-refractivity contribution in [3.05, 3.63) is 16.6 Å². The number of fused-ring (bicyclic) bond motifs is 1. The second-order valence-electron chi connectivity index (χ2n) is 7.48. The van der Waals surface area contributed by atoms with Crippen LogP contribution in [0.3, 0.4) is 0 Å². The summed E-state index contributed by atoms with van der Waals surface area (Å²) >= 11 is 1.53. The molecule has 3 heterocycles. The number of amides is 2. The highest BCUT2D eigenvalue weighted by molar-refractivity contribution is 7.07. The molecule has 0 aliphatic carbocycles. The van der Waals surface area contributed by atoms with E-state index >= 15 is 0 Å². The minimum Gasteiger partial charge on any atom is -0.381 e. The normalized spacial score (nSPS) is 25.9. The number of likely N-dealkylation sites (N-methyl/N-ethyl adjacent to an activating group) is 1. The fraction of sp³-hybridized carbons (Fsp3) is 0.737. The number of hydrogen-bond acceptors (Lipinski definition) is 6. The monoisotopic (exact) mass is 394 g/mol. The molecule has 2 aliphatic rings. The zero-order valence-electron chi connectivity index (χ0n) is 16.3. The van der Waals surface area contributed by atoms with E-state index in [2.05, 4.69) is 22.2 Å². The summed E-state index contributed by atoms with van der Waals surface area (Å²) in [5.74, 6) is 0.163. The average molecular weight is 395 g/mol. The quantitative estimate of drug-likeness (QED) is 0.710. The predicted molar refractivity (Wildman–Crippen MR) is 104 cm³/mol. The van der Waals surface area contributed by atoms with Gasteiger partial charge in [0.2, 0.25) is 11.8 Å². The highest BCUT2D eigenvalue weighted by atomic mass is 32.1. The van der Waals surface area contributed by atoms with Crippen LogP contribution >= 0.6 is 11.3 Å². The summed E-state index contributed by atoms with van der Waals surface area (Å²) in [6.07, 6.45) is 2.87. The molecule has 2 saturated heterocycles. The molecule has 0 spiro atoms. The van der Waals surface area contributed by atoms with E-state index in [9.17, 15) is 9.59 Å². The molecule has 1 N–H and O–H groups in total. The third kappa shape index (κ3) is 4.50. The number of piperidine rings is 2. The Morgan fingerprint density at radius 2 is 2.26 bits per heavy atom. The third-order valence-corrected chi connectivity index (χ3v) is 6.45. The summed E-state index contributed by atoms with van der Waals surface area (Å²) in [5.41, 5.74) is 2.16. The van der Waals surface area contributed by atoms with Gasteiger partial charge in [0.05, 0.1) is 42.2 Å². The van der Waals surface area contributed by atoms with Gasteiger partial charge in [-0.3, -0.25) is 9.59 Å². The van der Waals surface area contributed by atoms with Crippen LogP contribution < -0.4 is 5.32 Å². The maximum absolute atomic E-state index is 13.3. The van der Waals surface area contributed by atoms with Crippen molar-refractivity contribution in [1.29, 1.82) is 0 Å². The molecule has 2 fully saturated rings. The van der Waals surface area contributed by atoms with Crippen molar-refractivity contribution in [2.24, 2.45) is 5.41 Å². The Hall–Kier alpha value is -1.51. The molecule has 1 aromatic rings. The maximum atomic E-state index is 13.3. The van der Waals surface area contributed by atoms with Crippen LogP contribution in [-0.2, 0) is 20.9 Å². The van der Waals surface area contributed by atoms with Gasteiger partial charge in [0.25, 0.3) is 0 Å². The first-order valence-corrected chi connectivity index (χ1v) is 10.7. The van der Waals surface area contributed by atoms with Gasteiger partial charge in [-0.25, -0.2) is 4.98 Å². The van der Waals surface area contributed by atoms with Crippen LogP contribution in [0.5, 0.6) is 0 Å². The molecule has 3 rings (SSSR count). The molecule has 0 radical (unpaired) electrons. The highest BCUT2D eigenvalue weighted by Crippen LogP contribution is 2.42. The number of nitrogens with zero attached hydrogens (tertiary/aromatic N) is 3. The fourth-order valence-corrected chi connectivity index (χ4v) is 4.88. The summed E-state index contributed by atoms with van der Waals surface area (Å²) in [6.45, 7) is 5.78. The predicted octanol–water partition coefficient (Wildman–Crippen LogP) is 1.50. The smallest absolute Gasteiger partial charge is 0.228 e. The minimum absolute atomic E-state index is 0.0657. The van der Waals surface area contributed by atoms with E-state index in [0.29, 0.717) is 26.2 Å². The lowest BCUT2D eigenvalue weighted by Crippen LogP contribution is -2.66. The molecular formula is C19H30N4O3S. The number of ether oxygens (including phenoxy) is 1. The highest BCUT2D eigenvalue weighted by Gasteiger charge is 2.53. The van der Waals surface area contributed by atoms with Crippen LogP contribution in [0.15, 0.2) is 10.9 Å². The van der Waals surface area contributed by atoms with Crippen molar-refractivity contribution >= 4 is 23.2 Å². The first-order valence-electron chi connectivity index (χ1n) is 9.78. The van der Waals surface area contributed by atoms with E-state index in [1.807, 2.05) is 17.2 Å². The molecule has 2 aliphatic heterocycles. The lowest BCUT2D eigenvalue weighted by molar-refractivity contribution is -0.154. The Bertz CT molecular complexity index is 639. The van der Waals surface area contributed by atoms with Crippen molar-refractivity contribution in [3.8, 4) is 0 Å². The Morgan fingerprint density at radius 3 is 3.00 bits per heavy atom. The maximum Gasteiger partial charge on any atom is 0.228 e. The van der Waals surface area contributed by atoms with Crippen LogP contribution in [-0.4, -0.2) is 72.5 Å². The van der Waals surface area contributed by atoms with Gasteiger partial charge < -0.3 is 19.9 Å². The molecule has 2 atom stereocenters. The number of carbonyl (C=O) groups is 2. The van der Waals surface area contributed by atoms with E-state index in [-0.39, 0.29) is 17.9 Å². The van der Waals surface area contributed by atoms with Gasteiger partial charge in [0.15, 0.2) is 0 Å². The Balaban J connectivity index is 1.73. The molecular weight excluding hydrogens is 364 g/mol. The summed E-state index contributed by atoms with van der Waals surface area (Å²) in [5, 5.41) is 5.05. The van der Waals surface area contributed by atoms with Gasteiger partial charge >= 0.3 is 0 Å². The minimum atomic E-state index is -0.498. The molecule has 1 aromatic heterocycles. The Kier molecular flexibility index (Phi) is 6.83. The first-order chi connectivity index (χ1) is 13.1. The molecule has 0 unspecified atom stereocenters. The average Bonchev–Trinajstić information content (AvgIpc) is 3.19. The Labute approximate surface area is 165 Å². The van der Waals surface area contributed by atoms with Crippen LogP contribution in [0.4, 0.5) is 0 Å². The number of carbonyl (C=O) groups excluding carboxylic acids is 2. The van der Waals surface area contributed by atoms with E-state index in [0.717, 1.165) is 44.6 Å². The number of likely N-dealkylation sites (tertiary alicyclic amines) is 2. The number of thiazole rings is 1. The molecule has 27 heavy (non-hydrogen) atoms. The summed E-state index contributed by atoms with van der Waals surface area (Å²) in [4.78, 5) is 34.5. The first kappa shape index (κ1) is 20.2. The summed E-state index contributed by atoms with van der Waals surface area (Å²) < 4.78 is 5.36. The van der Waals surface area contributed by atoms with Crippen LogP contribution in [0, 0.1) is 5.41 Å². The number of rotatable bonds is 7. The second kappa shape index (κ2) is 9.12. The van der Waals surface area contributed by atoms with Crippen molar-refractivity contribution in [2.75, 3.05) is 39.9 Å². The Morgan fingerprint density at radius 1 is 1.41 bits per heavy atom. The van der Waals surface area contributed by atoms with Crippen LogP contribution in [0.2, 0.25) is 0 Å². The lowest BCUT2D eigenvalue weighted by Gasteiger charge is -2.53. The number of hydrogen-bond donors (Lipinski definition) is 1. The van der Waals surface area contributed by atoms with Gasteiger partial charge in [-0.05, 0) is 39.8 Å². The van der Waals surface area contributed by atoms with Crippen molar-refractivity contribution < 1.29 is 14.3 Å². The van der Waals surface area contributed by atoms with E-state index in [1.165, 1.54) is 11.3 Å². The molecule has 8 heteroatoms. The van der Waals surface area contributed by atoms with Crippen molar-refractivity contribution in [3.63, 3.8) is 0 Å². The summed E-state index contributed by atoms with van der Waals surface area (Å²) in [7, 11) is 2.06. The fourth-order valence-electron chi connectivity index (χ4n) is 4.32. The number of aromatic nitrogens is 1. The zero-order valence-corrected chi connectivity index (χ0v) is 17.1. The van der Waals surface area contributed by atoms with Gasteiger partial charge in [-0.2, -0.15) is 0 Å². The molecule has 0 aromatic carbocycles. The molecule has 0 saturated carbocycles. The van der Waals surface area contributed by atoms with Crippen LogP contribution in [0.1, 0.15) is 38.3 Å². The van der Waals surface area contributed by atoms with Gasteiger partial charge in [-0.15, -0.1) is 11.3 Å². The van der Waals surface area contributed by atoms with Crippen molar-refractivity contribution in [2.45, 2.75) is 45.2 Å². The lowest BCUT2D eigenvalue weighted by atomic mass is 9.67. The van der Waals surface area contributed by atoms with Crippen LogP contribution in [0.25, 0.3) is 0 Å². The standard InChI is InChI=1S/C19H30N4O3S/c1-3-26-10-5-17(24)23-8-4-6-19(7-9-22(2)12-16(19)23)18(25)20-11-15-13-27-14-21-15/h13-14,16H,3-12H2,1-2H3,(H,20,25)/t16-,19+/m0/s1. The van der Waals surface area contributed by atoms with Gasteiger partial charge in [0.1, 0.15) is 0 Å². The molecule has 2 amide bonds. The van der Waals surface area contributed by atoms with Crippen molar-refractivity contribution in [1.82, 2.24) is 20.1 Å². The largest absolute Gasteiger partial charge is 0.381 e.